The average molecular weight is 387 g/mol. The predicted octanol–water partition coefficient (Wildman–Crippen LogP) is 5.21. The Kier molecular flexibility index (Phi) is 6.13. The Morgan fingerprint density at radius 1 is 0.931 bits per heavy atom. The number of benzene rings is 3. The van der Waals surface area contributed by atoms with E-state index in [4.69, 9.17) is 19.5 Å². The lowest BCUT2D eigenvalue weighted by Gasteiger charge is -2.13. The average Bonchev–Trinajstić information content (AvgIpc) is 2.73. The molecule has 0 unspecified atom stereocenters. The number of para-hydroxylation sites is 1. The highest BCUT2D eigenvalue weighted by atomic mass is 16.5. The maximum absolute atomic E-state index is 11.6. The zero-order valence-electron chi connectivity index (χ0n) is 15.5. The van der Waals surface area contributed by atoms with Crippen LogP contribution in [-0.4, -0.2) is 18.2 Å². The first-order chi connectivity index (χ1) is 14.1. The van der Waals surface area contributed by atoms with Crippen LogP contribution in [0, 0.1) is 11.3 Å². The molecule has 0 bridgehead atoms. The Bertz CT molecular complexity index is 1100. The molecule has 0 radical (unpaired) electrons. The van der Waals surface area contributed by atoms with E-state index in [0.717, 1.165) is 6.26 Å². The smallest absolute Gasteiger partial charge is 0.339 e. The predicted molar refractivity (Wildman–Crippen MR) is 107 cm³/mol. The number of nitrogens with zero attached hydrogens (tertiary/aromatic N) is 1. The molecule has 3 aromatic rings. The standard InChI is InChI=1S/C23H17NO5/c1-27-15-21(23(25)26)20-10-2-3-11-22(20)29-19-9-5-8-18(13-19)28-17-7-4-6-16(12-17)14-24/h2-13,15H,1H3,(H,25,26)/b21-15+. The zero-order chi connectivity index (χ0) is 20.6. The molecule has 0 fully saturated rings. The molecule has 0 heterocycles. The number of nitriles is 1. The van der Waals surface area contributed by atoms with Crippen molar-refractivity contribution in [1.29, 1.82) is 5.26 Å². The van der Waals surface area contributed by atoms with Crippen LogP contribution in [-0.2, 0) is 9.53 Å². The molecule has 0 atom stereocenters. The summed E-state index contributed by atoms with van der Waals surface area (Å²) in [4.78, 5) is 11.6. The quantitative estimate of drug-likeness (QED) is 0.442. The van der Waals surface area contributed by atoms with Crippen LogP contribution in [0.3, 0.4) is 0 Å². The molecule has 0 aliphatic heterocycles. The molecule has 6 heteroatoms. The summed E-state index contributed by atoms with van der Waals surface area (Å²) in [5.41, 5.74) is 0.855. The normalized spacial score (nSPS) is 10.7. The van der Waals surface area contributed by atoms with Crippen LogP contribution >= 0.6 is 0 Å². The van der Waals surface area contributed by atoms with Gasteiger partial charge in [0.1, 0.15) is 28.6 Å². The van der Waals surface area contributed by atoms with Crippen molar-refractivity contribution in [3.05, 3.63) is 90.2 Å². The van der Waals surface area contributed by atoms with Gasteiger partial charge in [0.2, 0.25) is 0 Å². The zero-order valence-corrected chi connectivity index (χ0v) is 15.5. The Hall–Kier alpha value is -4.24. The van der Waals surface area contributed by atoms with Crippen LogP contribution in [0.1, 0.15) is 11.1 Å². The van der Waals surface area contributed by atoms with E-state index in [9.17, 15) is 9.90 Å². The van der Waals surface area contributed by atoms with Gasteiger partial charge >= 0.3 is 5.97 Å². The van der Waals surface area contributed by atoms with Crippen molar-refractivity contribution in [2.45, 2.75) is 0 Å². The number of carboxylic acid groups (broad SMARTS) is 1. The lowest BCUT2D eigenvalue weighted by molar-refractivity contribution is -0.130. The Morgan fingerprint density at radius 2 is 1.59 bits per heavy atom. The first-order valence-electron chi connectivity index (χ1n) is 8.62. The van der Waals surface area contributed by atoms with Crippen LogP contribution < -0.4 is 9.47 Å². The second-order valence-corrected chi connectivity index (χ2v) is 5.89. The second-order valence-electron chi connectivity index (χ2n) is 5.89. The molecule has 3 aromatic carbocycles. The van der Waals surface area contributed by atoms with Gasteiger partial charge in [0.15, 0.2) is 0 Å². The van der Waals surface area contributed by atoms with Crippen molar-refractivity contribution in [2.24, 2.45) is 0 Å². The van der Waals surface area contributed by atoms with Crippen molar-refractivity contribution < 1.29 is 24.1 Å². The van der Waals surface area contributed by atoms with Gasteiger partial charge in [-0.3, -0.25) is 0 Å². The fourth-order valence-corrected chi connectivity index (χ4v) is 2.62. The summed E-state index contributed by atoms with van der Waals surface area (Å²) in [7, 11) is 1.38. The van der Waals surface area contributed by atoms with Gasteiger partial charge in [-0.2, -0.15) is 5.26 Å². The Labute approximate surface area is 167 Å². The van der Waals surface area contributed by atoms with Crippen molar-refractivity contribution in [3.63, 3.8) is 0 Å². The number of hydrogen-bond donors (Lipinski definition) is 1. The number of ether oxygens (including phenoxy) is 3. The fourth-order valence-electron chi connectivity index (χ4n) is 2.62. The molecule has 0 amide bonds. The van der Waals surface area contributed by atoms with Gasteiger partial charge < -0.3 is 19.3 Å². The van der Waals surface area contributed by atoms with Crippen molar-refractivity contribution >= 4 is 11.5 Å². The summed E-state index contributed by atoms with van der Waals surface area (Å²) in [5, 5.41) is 18.5. The minimum Gasteiger partial charge on any atom is -0.503 e. The van der Waals surface area contributed by atoms with Crippen LogP contribution in [0.15, 0.2) is 79.1 Å². The van der Waals surface area contributed by atoms with Gasteiger partial charge in [-0.1, -0.05) is 30.3 Å². The van der Waals surface area contributed by atoms with Gasteiger partial charge in [-0.05, 0) is 36.4 Å². The van der Waals surface area contributed by atoms with E-state index < -0.39 is 5.97 Å². The molecule has 0 aromatic heterocycles. The van der Waals surface area contributed by atoms with E-state index in [1.54, 1.807) is 72.8 Å². The summed E-state index contributed by atoms with van der Waals surface area (Å²) in [6.07, 6.45) is 1.16. The topological polar surface area (TPSA) is 88.8 Å². The molecule has 0 aliphatic carbocycles. The van der Waals surface area contributed by atoms with Gasteiger partial charge in [0.05, 0.1) is 25.0 Å². The Morgan fingerprint density at radius 3 is 2.28 bits per heavy atom. The first kappa shape index (κ1) is 19.5. The first-order valence-corrected chi connectivity index (χ1v) is 8.62. The fraction of sp³-hybridized carbons (Fsp3) is 0.0435. The molecule has 0 saturated heterocycles. The van der Waals surface area contributed by atoms with Gasteiger partial charge in [-0.15, -0.1) is 0 Å². The highest BCUT2D eigenvalue weighted by molar-refractivity contribution is 6.15. The summed E-state index contributed by atoms with van der Waals surface area (Å²) in [5.74, 6) is 0.742. The van der Waals surface area contributed by atoms with Gasteiger partial charge in [0, 0.05) is 11.6 Å². The van der Waals surface area contributed by atoms with Crippen LogP contribution in [0.5, 0.6) is 23.0 Å². The monoisotopic (exact) mass is 387 g/mol. The summed E-state index contributed by atoms with van der Waals surface area (Å²) >= 11 is 0. The van der Waals surface area contributed by atoms with E-state index in [1.807, 2.05) is 0 Å². The number of carboxylic acids is 1. The molecule has 0 aliphatic rings. The molecule has 0 saturated carbocycles. The minimum atomic E-state index is -1.13. The van der Waals surface area contributed by atoms with E-state index in [-0.39, 0.29) is 5.57 Å². The molecule has 6 nitrogen and oxygen atoms in total. The molecule has 144 valence electrons. The summed E-state index contributed by atoms with van der Waals surface area (Å²) in [6, 6.07) is 22.6. The molecule has 0 spiro atoms. The van der Waals surface area contributed by atoms with E-state index in [1.165, 1.54) is 7.11 Å². The van der Waals surface area contributed by atoms with Gasteiger partial charge in [-0.25, -0.2) is 4.79 Å². The highest BCUT2D eigenvalue weighted by Gasteiger charge is 2.16. The van der Waals surface area contributed by atoms with E-state index in [0.29, 0.717) is 34.1 Å². The number of methoxy groups -OCH3 is 1. The maximum Gasteiger partial charge on any atom is 0.339 e. The molecular formula is C23H17NO5. The van der Waals surface area contributed by atoms with E-state index in [2.05, 4.69) is 6.07 Å². The molecule has 29 heavy (non-hydrogen) atoms. The third-order valence-electron chi connectivity index (χ3n) is 3.88. The second kappa shape index (κ2) is 9.11. The minimum absolute atomic E-state index is 0.0242. The number of aliphatic carboxylic acids is 1. The number of hydrogen-bond acceptors (Lipinski definition) is 5. The molecule has 3 rings (SSSR count). The van der Waals surface area contributed by atoms with Crippen molar-refractivity contribution in [1.82, 2.24) is 0 Å². The maximum atomic E-state index is 11.6. The van der Waals surface area contributed by atoms with Crippen molar-refractivity contribution in [2.75, 3.05) is 7.11 Å². The van der Waals surface area contributed by atoms with Crippen LogP contribution in [0.25, 0.3) is 5.57 Å². The third-order valence-corrected chi connectivity index (χ3v) is 3.88. The molecule has 1 N–H and O–H groups in total. The number of carbonyl (C=O) groups is 1. The largest absolute Gasteiger partial charge is 0.503 e. The highest BCUT2D eigenvalue weighted by Crippen LogP contribution is 2.33. The lowest BCUT2D eigenvalue weighted by atomic mass is 10.1. The lowest BCUT2D eigenvalue weighted by Crippen LogP contribution is -2.02. The van der Waals surface area contributed by atoms with Crippen molar-refractivity contribution in [3.8, 4) is 29.1 Å². The Balaban J connectivity index is 1.87. The van der Waals surface area contributed by atoms with Crippen LogP contribution in [0.4, 0.5) is 0 Å². The molecular weight excluding hydrogens is 370 g/mol. The summed E-state index contributed by atoms with van der Waals surface area (Å²) < 4.78 is 16.6. The third kappa shape index (κ3) is 4.93. The van der Waals surface area contributed by atoms with Crippen LogP contribution in [0.2, 0.25) is 0 Å². The van der Waals surface area contributed by atoms with E-state index >= 15 is 0 Å². The SMILES string of the molecule is CO/C=C(/C(=O)O)c1ccccc1Oc1cccc(Oc2cccc(C#N)c2)c1. The summed E-state index contributed by atoms with van der Waals surface area (Å²) in [6.45, 7) is 0. The number of rotatable bonds is 7. The van der Waals surface area contributed by atoms with Gasteiger partial charge in [0.25, 0.3) is 0 Å².